The zero-order chi connectivity index (χ0) is 15.1. The van der Waals surface area contributed by atoms with Crippen molar-refractivity contribution >= 4 is 17.3 Å². The SMILES string of the molecule is CCC(NCCOc1cccc(C(=O)O)c1)c1cccs1. The first-order chi connectivity index (χ1) is 10.2. The van der Waals surface area contributed by atoms with Gasteiger partial charge in [0.15, 0.2) is 0 Å². The van der Waals surface area contributed by atoms with Crippen molar-refractivity contribution in [3.05, 3.63) is 52.2 Å². The zero-order valence-corrected chi connectivity index (χ0v) is 12.7. The van der Waals surface area contributed by atoms with Gasteiger partial charge in [-0.05, 0) is 36.1 Å². The van der Waals surface area contributed by atoms with Crippen molar-refractivity contribution in [3.8, 4) is 5.75 Å². The van der Waals surface area contributed by atoms with Crippen LogP contribution in [0.3, 0.4) is 0 Å². The van der Waals surface area contributed by atoms with E-state index in [-0.39, 0.29) is 5.56 Å². The van der Waals surface area contributed by atoms with Crippen LogP contribution in [0.25, 0.3) is 0 Å². The minimum Gasteiger partial charge on any atom is -0.492 e. The van der Waals surface area contributed by atoms with Crippen molar-refractivity contribution in [2.24, 2.45) is 0 Å². The predicted octanol–water partition coefficient (Wildman–Crippen LogP) is 3.57. The van der Waals surface area contributed by atoms with Crippen LogP contribution in [0.1, 0.15) is 34.6 Å². The summed E-state index contributed by atoms with van der Waals surface area (Å²) in [5.74, 6) is -0.358. The fraction of sp³-hybridized carbons (Fsp3) is 0.312. The van der Waals surface area contributed by atoms with Gasteiger partial charge in [0.25, 0.3) is 0 Å². The summed E-state index contributed by atoms with van der Waals surface area (Å²) in [5, 5.41) is 14.4. The molecule has 2 N–H and O–H groups in total. The third-order valence-electron chi connectivity index (χ3n) is 3.14. The van der Waals surface area contributed by atoms with Crippen molar-refractivity contribution in [2.45, 2.75) is 19.4 Å². The predicted molar refractivity (Wildman–Crippen MR) is 84.3 cm³/mol. The van der Waals surface area contributed by atoms with Crippen LogP contribution in [-0.4, -0.2) is 24.2 Å². The molecule has 0 saturated heterocycles. The molecule has 1 unspecified atom stereocenters. The van der Waals surface area contributed by atoms with Gasteiger partial charge in [0.1, 0.15) is 12.4 Å². The van der Waals surface area contributed by atoms with Crippen molar-refractivity contribution in [1.29, 1.82) is 0 Å². The Kier molecular flexibility index (Phi) is 5.78. The van der Waals surface area contributed by atoms with E-state index >= 15 is 0 Å². The molecule has 0 aliphatic carbocycles. The van der Waals surface area contributed by atoms with Crippen LogP contribution in [-0.2, 0) is 0 Å². The highest BCUT2D eigenvalue weighted by Crippen LogP contribution is 2.21. The molecule has 112 valence electrons. The number of carbonyl (C=O) groups is 1. The normalized spacial score (nSPS) is 12.0. The maximum absolute atomic E-state index is 10.9. The number of thiophene rings is 1. The Labute approximate surface area is 128 Å². The largest absolute Gasteiger partial charge is 0.492 e. The fourth-order valence-corrected chi connectivity index (χ4v) is 2.94. The number of nitrogens with one attached hydrogen (secondary N) is 1. The molecule has 0 bridgehead atoms. The second kappa shape index (κ2) is 7.81. The van der Waals surface area contributed by atoms with E-state index in [1.54, 1.807) is 35.6 Å². The van der Waals surface area contributed by atoms with Gasteiger partial charge >= 0.3 is 5.97 Å². The minimum atomic E-state index is -0.942. The molecule has 4 nitrogen and oxygen atoms in total. The summed E-state index contributed by atoms with van der Waals surface area (Å²) in [6.45, 7) is 3.37. The highest BCUT2D eigenvalue weighted by molar-refractivity contribution is 7.10. The average molecular weight is 305 g/mol. The molecule has 2 aromatic rings. The third kappa shape index (κ3) is 4.58. The molecular weight excluding hydrogens is 286 g/mol. The van der Waals surface area contributed by atoms with E-state index in [1.807, 2.05) is 0 Å². The summed E-state index contributed by atoms with van der Waals surface area (Å²) >= 11 is 1.75. The van der Waals surface area contributed by atoms with Crippen LogP contribution >= 0.6 is 11.3 Å². The smallest absolute Gasteiger partial charge is 0.335 e. The molecule has 5 heteroatoms. The number of ether oxygens (including phenoxy) is 1. The molecule has 0 radical (unpaired) electrons. The van der Waals surface area contributed by atoms with Gasteiger partial charge in [-0.25, -0.2) is 4.79 Å². The van der Waals surface area contributed by atoms with Gasteiger partial charge in [-0.1, -0.05) is 19.1 Å². The minimum absolute atomic E-state index is 0.241. The van der Waals surface area contributed by atoms with Crippen LogP contribution in [0.5, 0.6) is 5.75 Å². The third-order valence-corrected chi connectivity index (χ3v) is 4.12. The van der Waals surface area contributed by atoms with E-state index in [9.17, 15) is 4.79 Å². The lowest BCUT2D eigenvalue weighted by atomic mass is 10.2. The number of aromatic carboxylic acids is 1. The molecule has 1 aromatic heterocycles. The molecule has 2 rings (SSSR count). The Morgan fingerprint density at radius 3 is 2.90 bits per heavy atom. The topological polar surface area (TPSA) is 58.6 Å². The van der Waals surface area contributed by atoms with Gasteiger partial charge in [-0.3, -0.25) is 0 Å². The summed E-state index contributed by atoms with van der Waals surface area (Å²) in [6, 6.07) is 11.1. The maximum atomic E-state index is 10.9. The van der Waals surface area contributed by atoms with Crippen LogP contribution < -0.4 is 10.1 Å². The number of hydrogen-bond donors (Lipinski definition) is 2. The molecule has 1 heterocycles. The molecule has 0 amide bonds. The molecule has 1 atom stereocenters. The first-order valence-electron chi connectivity index (χ1n) is 6.93. The lowest BCUT2D eigenvalue weighted by molar-refractivity contribution is 0.0696. The molecule has 0 fully saturated rings. The molecule has 21 heavy (non-hydrogen) atoms. The van der Waals surface area contributed by atoms with Crippen molar-refractivity contribution < 1.29 is 14.6 Å². The molecule has 0 aliphatic heterocycles. The maximum Gasteiger partial charge on any atom is 0.335 e. The van der Waals surface area contributed by atoms with E-state index in [2.05, 4.69) is 29.8 Å². The van der Waals surface area contributed by atoms with E-state index in [0.29, 0.717) is 24.9 Å². The second-order valence-electron chi connectivity index (χ2n) is 4.61. The standard InChI is InChI=1S/C16H19NO3S/c1-2-14(15-7-4-10-21-15)17-8-9-20-13-6-3-5-12(11-13)16(18)19/h3-7,10-11,14,17H,2,8-9H2,1H3,(H,18,19). The quantitative estimate of drug-likeness (QED) is 0.732. The molecule has 1 aromatic carbocycles. The first-order valence-corrected chi connectivity index (χ1v) is 7.81. The van der Waals surface area contributed by atoms with Gasteiger partial charge in [0, 0.05) is 17.5 Å². The first kappa shape index (κ1) is 15.5. The zero-order valence-electron chi connectivity index (χ0n) is 11.9. The summed E-state index contributed by atoms with van der Waals surface area (Å²) in [4.78, 5) is 12.2. The van der Waals surface area contributed by atoms with E-state index < -0.39 is 5.97 Å². The lowest BCUT2D eigenvalue weighted by Gasteiger charge is -2.15. The van der Waals surface area contributed by atoms with Crippen molar-refractivity contribution in [1.82, 2.24) is 5.32 Å². The lowest BCUT2D eigenvalue weighted by Crippen LogP contribution is -2.25. The van der Waals surface area contributed by atoms with Gasteiger partial charge in [0.05, 0.1) is 5.56 Å². The Morgan fingerprint density at radius 2 is 2.24 bits per heavy atom. The van der Waals surface area contributed by atoms with Crippen LogP contribution in [0, 0.1) is 0 Å². The Hall–Kier alpha value is -1.85. The summed E-state index contributed by atoms with van der Waals surface area (Å²) in [5.41, 5.74) is 0.241. The number of rotatable bonds is 8. The van der Waals surface area contributed by atoms with Gasteiger partial charge in [0.2, 0.25) is 0 Å². The number of benzene rings is 1. The van der Waals surface area contributed by atoms with Gasteiger partial charge in [-0.15, -0.1) is 11.3 Å². The van der Waals surface area contributed by atoms with E-state index in [1.165, 1.54) is 4.88 Å². The molecule has 0 aliphatic rings. The number of hydrogen-bond acceptors (Lipinski definition) is 4. The molecular formula is C16H19NO3S. The average Bonchev–Trinajstić information content (AvgIpc) is 3.02. The Bertz CT molecular complexity index is 569. The van der Waals surface area contributed by atoms with Crippen LogP contribution in [0.2, 0.25) is 0 Å². The monoisotopic (exact) mass is 305 g/mol. The van der Waals surface area contributed by atoms with Crippen LogP contribution in [0.15, 0.2) is 41.8 Å². The summed E-state index contributed by atoms with van der Waals surface area (Å²) in [6.07, 6.45) is 1.02. The highest BCUT2D eigenvalue weighted by Gasteiger charge is 2.09. The van der Waals surface area contributed by atoms with Crippen molar-refractivity contribution in [2.75, 3.05) is 13.2 Å². The number of carboxylic acid groups (broad SMARTS) is 1. The van der Waals surface area contributed by atoms with E-state index in [4.69, 9.17) is 9.84 Å². The van der Waals surface area contributed by atoms with Gasteiger partial charge < -0.3 is 15.2 Å². The van der Waals surface area contributed by atoms with Crippen LogP contribution in [0.4, 0.5) is 0 Å². The summed E-state index contributed by atoms with van der Waals surface area (Å²) < 4.78 is 5.59. The summed E-state index contributed by atoms with van der Waals surface area (Å²) in [7, 11) is 0. The second-order valence-corrected chi connectivity index (χ2v) is 5.59. The highest BCUT2D eigenvalue weighted by atomic mass is 32.1. The van der Waals surface area contributed by atoms with Gasteiger partial charge in [-0.2, -0.15) is 0 Å². The molecule has 0 saturated carbocycles. The van der Waals surface area contributed by atoms with Crippen molar-refractivity contribution in [3.63, 3.8) is 0 Å². The Balaban J connectivity index is 1.79. The number of carboxylic acids is 1. The fourth-order valence-electron chi connectivity index (χ4n) is 2.06. The molecule has 0 spiro atoms. The Morgan fingerprint density at radius 1 is 1.38 bits per heavy atom. The van der Waals surface area contributed by atoms with E-state index in [0.717, 1.165) is 6.42 Å².